The Morgan fingerprint density at radius 3 is 1.68 bits per heavy atom. The second-order valence-electron chi connectivity index (χ2n) is 10.7. The van der Waals surface area contributed by atoms with Crippen LogP contribution in [0.25, 0.3) is 11.4 Å². The first-order chi connectivity index (χ1) is 16.5. The van der Waals surface area contributed by atoms with Crippen molar-refractivity contribution in [2.45, 2.75) is 110 Å². The second-order valence-corrected chi connectivity index (χ2v) is 16.3. The van der Waals surface area contributed by atoms with Crippen molar-refractivity contribution in [1.82, 2.24) is 9.97 Å². The molecule has 2 rings (SSSR count). The van der Waals surface area contributed by atoms with Crippen molar-refractivity contribution < 1.29 is 9.47 Å². The van der Waals surface area contributed by atoms with E-state index in [1.807, 2.05) is 24.3 Å². The summed E-state index contributed by atoms with van der Waals surface area (Å²) in [6, 6.07) is 9.55. The van der Waals surface area contributed by atoms with Crippen LogP contribution in [0.15, 0.2) is 36.7 Å². The van der Waals surface area contributed by atoms with Crippen molar-refractivity contribution in [2.75, 3.05) is 13.2 Å². The minimum atomic E-state index is -0.839. The Hall–Kier alpha value is -1.88. The highest BCUT2D eigenvalue weighted by Gasteiger charge is 2.11. The maximum atomic E-state index is 5.92. The molecule has 0 saturated heterocycles. The molecule has 0 bridgehead atoms. The van der Waals surface area contributed by atoms with Gasteiger partial charge in [0.1, 0.15) is 5.75 Å². The summed E-state index contributed by atoms with van der Waals surface area (Å²) in [4.78, 5) is 8.93. The Kier molecular flexibility index (Phi) is 13.9. The summed E-state index contributed by atoms with van der Waals surface area (Å²) in [5.41, 5.74) is 0.993. The van der Waals surface area contributed by atoms with Gasteiger partial charge in [-0.15, -0.1) is 0 Å². The molecule has 0 amide bonds. The molecule has 5 heteroatoms. The number of hydrogen-bond donors (Lipinski definition) is 0. The zero-order valence-electron chi connectivity index (χ0n) is 22.3. The fraction of sp³-hybridized carbons (Fsp3) is 0.655. The van der Waals surface area contributed by atoms with Crippen LogP contribution in [0.2, 0.25) is 25.7 Å². The second kappa shape index (κ2) is 16.7. The van der Waals surface area contributed by atoms with Crippen LogP contribution in [0.1, 0.15) is 84.0 Å². The molecule has 0 radical (unpaired) electrons. The third-order valence-electron chi connectivity index (χ3n) is 6.10. The van der Waals surface area contributed by atoms with Crippen molar-refractivity contribution in [3.05, 3.63) is 36.7 Å². The van der Waals surface area contributed by atoms with Crippen molar-refractivity contribution in [3.8, 4) is 22.9 Å². The van der Waals surface area contributed by atoms with Crippen LogP contribution in [-0.4, -0.2) is 31.3 Å². The molecule has 34 heavy (non-hydrogen) atoms. The molecule has 0 fully saturated rings. The lowest BCUT2D eigenvalue weighted by atomic mass is 10.1. The van der Waals surface area contributed by atoms with E-state index in [1.165, 1.54) is 70.3 Å². The van der Waals surface area contributed by atoms with Crippen LogP contribution in [-0.2, 0) is 0 Å². The van der Waals surface area contributed by atoms with Gasteiger partial charge in [-0.1, -0.05) is 96.8 Å². The quantitative estimate of drug-likeness (QED) is 0.147. The third kappa shape index (κ3) is 13.1. The van der Waals surface area contributed by atoms with Gasteiger partial charge in [0.15, 0.2) is 11.6 Å². The lowest BCUT2D eigenvalue weighted by Crippen LogP contribution is -2.18. The predicted molar refractivity (Wildman–Crippen MR) is 148 cm³/mol. The minimum absolute atomic E-state index is 0.715. The van der Waals surface area contributed by atoms with Gasteiger partial charge in [0.25, 0.3) is 0 Å². The molecule has 0 aliphatic heterocycles. The van der Waals surface area contributed by atoms with Crippen molar-refractivity contribution >= 4 is 8.07 Å². The Balaban J connectivity index is 1.56. The molecule has 0 aliphatic carbocycles. The van der Waals surface area contributed by atoms with Crippen molar-refractivity contribution in [1.29, 1.82) is 0 Å². The maximum absolute atomic E-state index is 5.92. The molecule has 2 aromatic rings. The fourth-order valence-electron chi connectivity index (χ4n) is 3.97. The molecule has 0 saturated carbocycles. The van der Waals surface area contributed by atoms with E-state index in [4.69, 9.17) is 9.47 Å². The number of ether oxygens (including phenoxy) is 2. The summed E-state index contributed by atoms with van der Waals surface area (Å²) < 4.78 is 11.7. The zero-order chi connectivity index (χ0) is 24.5. The smallest absolute Gasteiger partial charge is 0.159 e. The van der Waals surface area contributed by atoms with Crippen LogP contribution < -0.4 is 9.47 Å². The van der Waals surface area contributed by atoms with Gasteiger partial charge in [-0.3, -0.25) is 0 Å². The minimum Gasteiger partial charge on any atom is -0.494 e. The van der Waals surface area contributed by atoms with Gasteiger partial charge in [0.05, 0.1) is 25.6 Å². The molecule has 0 atom stereocenters. The first kappa shape index (κ1) is 28.4. The number of hydrogen-bond acceptors (Lipinski definition) is 4. The highest BCUT2D eigenvalue weighted by Crippen LogP contribution is 2.21. The molecule has 1 aromatic heterocycles. The van der Waals surface area contributed by atoms with Gasteiger partial charge in [-0.25, -0.2) is 9.97 Å². The van der Waals surface area contributed by atoms with Crippen LogP contribution in [0.4, 0.5) is 0 Å². The third-order valence-corrected chi connectivity index (χ3v) is 7.95. The SMILES string of the molecule is CCCCCCCOc1cnc(-c2ccc(OCCCCCCCCC[Si](C)(C)C)cc2)nc1. The van der Waals surface area contributed by atoms with E-state index in [2.05, 4.69) is 36.5 Å². The molecule has 1 aromatic carbocycles. The fourth-order valence-corrected chi connectivity index (χ4v) is 5.28. The largest absolute Gasteiger partial charge is 0.494 e. The van der Waals surface area contributed by atoms with Gasteiger partial charge >= 0.3 is 0 Å². The summed E-state index contributed by atoms with van der Waals surface area (Å²) in [7, 11) is -0.839. The molecule has 190 valence electrons. The van der Waals surface area contributed by atoms with Crippen molar-refractivity contribution in [2.24, 2.45) is 0 Å². The van der Waals surface area contributed by atoms with Gasteiger partial charge in [0.2, 0.25) is 0 Å². The maximum Gasteiger partial charge on any atom is 0.159 e. The highest BCUT2D eigenvalue weighted by molar-refractivity contribution is 6.76. The molecule has 0 aliphatic rings. The van der Waals surface area contributed by atoms with Crippen LogP contribution in [0.5, 0.6) is 11.5 Å². The van der Waals surface area contributed by atoms with Gasteiger partial charge in [0, 0.05) is 13.6 Å². The zero-order valence-corrected chi connectivity index (χ0v) is 23.3. The van der Waals surface area contributed by atoms with Crippen LogP contribution >= 0.6 is 0 Å². The Labute approximate surface area is 209 Å². The molecule has 0 unspecified atom stereocenters. The predicted octanol–water partition coefficient (Wildman–Crippen LogP) is 8.94. The van der Waals surface area contributed by atoms with Gasteiger partial charge < -0.3 is 9.47 Å². The van der Waals surface area contributed by atoms with E-state index >= 15 is 0 Å². The van der Waals surface area contributed by atoms with E-state index in [9.17, 15) is 0 Å². The number of nitrogens with zero attached hydrogens (tertiary/aromatic N) is 2. The number of benzene rings is 1. The first-order valence-electron chi connectivity index (χ1n) is 13.7. The molecule has 1 heterocycles. The van der Waals surface area contributed by atoms with Crippen LogP contribution in [0.3, 0.4) is 0 Å². The lowest BCUT2D eigenvalue weighted by molar-refractivity contribution is 0.302. The van der Waals surface area contributed by atoms with E-state index in [0.717, 1.165) is 43.1 Å². The summed E-state index contributed by atoms with van der Waals surface area (Å²) in [6.45, 7) is 11.2. The van der Waals surface area contributed by atoms with E-state index in [1.54, 1.807) is 12.4 Å². The Bertz CT molecular complexity index is 757. The average Bonchev–Trinajstić information content (AvgIpc) is 2.82. The van der Waals surface area contributed by atoms with E-state index in [-0.39, 0.29) is 0 Å². The topological polar surface area (TPSA) is 44.2 Å². The average molecular weight is 485 g/mol. The Morgan fingerprint density at radius 1 is 0.618 bits per heavy atom. The standard InChI is InChI=1S/C29H48N2O2Si/c1-5-6-7-11-14-22-33-28-24-30-29(31-25-28)26-17-19-27(20-18-26)32-21-15-12-9-8-10-13-16-23-34(2,3)4/h17-20,24-25H,5-16,21-23H2,1-4H3. The summed E-state index contributed by atoms with van der Waals surface area (Å²) in [5.74, 6) is 2.37. The molecule has 0 N–H and O–H groups in total. The molecule has 0 spiro atoms. The lowest BCUT2D eigenvalue weighted by Gasteiger charge is -2.14. The van der Waals surface area contributed by atoms with Gasteiger partial charge in [-0.05, 0) is 37.1 Å². The number of rotatable bonds is 19. The van der Waals surface area contributed by atoms with Crippen LogP contribution in [0, 0.1) is 0 Å². The van der Waals surface area contributed by atoms with E-state index < -0.39 is 8.07 Å². The monoisotopic (exact) mass is 484 g/mol. The molecular weight excluding hydrogens is 436 g/mol. The van der Waals surface area contributed by atoms with Crippen molar-refractivity contribution in [3.63, 3.8) is 0 Å². The summed E-state index contributed by atoms with van der Waals surface area (Å²) in [5, 5.41) is 0. The summed E-state index contributed by atoms with van der Waals surface area (Å²) in [6.07, 6.45) is 19.0. The number of unbranched alkanes of at least 4 members (excludes halogenated alkanes) is 10. The Morgan fingerprint density at radius 2 is 1.12 bits per heavy atom. The van der Waals surface area contributed by atoms with E-state index in [0.29, 0.717) is 5.82 Å². The molecule has 4 nitrogen and oxygen atoms in total. The summed E-state index contributed by atoms with van der Waals surface area (Å²) >= 11 is 0. The highest BCUT2D eigenvalue weighted by atomic mass is 28.3. The molecular formula is C29H48N2O2Si. The normalized spacial score (nSPS) is 11.5. The first-order valence-corrected chi connectivity index (χ1v) is 17.4. The number of aromatic nitrogens is 2. The van der Waals surface area contributed by atoms with Gasteiger partial charge in [-0.2, -0.15) is 0 Å².